The number of aromatic nitrogens is 1. The molecular formula is C18H6Cl6F3N. The maximum absolute atomic E-state index is 13.6. The van der Waals surface area contributed by atoms with Crippen molar-refractivity contribution in [3.8, 4) is 22.5 Å². The monoisotopic (exact) mass is 503 g/mol. The van der Waals surface area contributed by atoms with Crippen LogP contribution < -0.4 is 0 Å². The zero-order valence-electron chi connectivity index (χ0n) is 13.3. The smallest absolute Gasteiger partial charge is 0.247 e. The third kappa shape index (κ3) is 4.33. The molecule has 1 heterocycles. The number of hydrogen-bond acceptors (Lipinski definition) is 1. The molecule has 146 valence electrons. The Labute approximate surface area is 187 Å². The fraction of sp³-hybridized carbons (Fsp3) is 0.0556. The van der Waals surface area contributed by atoms with Gasteiger partial charge in [-0.25, -0.2) is 4.98 Å². The Bertz CT molecular complexity index is 1040. The van der Waals surface area contributed by atoms with E-state index in [0.717, 1.165) is 12.1 Å². The Kier molecular flexibility index (Phi) is 6.31. The molecular weight excluding hydrogens is 500 g/mol. The molecule has 3 aromatic rings. The summed E-state index contributed by atoms with van der Waals surface area (Å²) in [6.45, 7) is 0. The van der Waals surface area contributed by atoms with Crippen LogP contribution in [0.4, 0.5) is 13.2 Å². The second kappa shape index (κ2) is 8.10. The minimum Gasteiger partial charge on any atom is -0.247 e. The molecule has 0 atom stereocenters. The van der Waals surface area contributed by atoms with Gasteiger partial charge in [-0.15, -0.1) is 0 Å². The van der Waals surface area contributed by atoms with E-state index in [9.17, 15) is 13.2 Å². The van der Waals surface area contributed by atoms with Gasteiger partial charge >= 0.3 is 6.18 Å². The first-order valence-corrected chi connectivity index (χ1v) is 9.64. The summed E-state index contributed by atoms with van der Waals surface area (Å²) >= 11 is 36.4. The van der Waals surface area contributed by atoms with Gasteiger partial charge in [-0.05, 0) is 36.4 Å². The molecule has 0 aliphatic rings. The van der Waals surface area contributed by atoms with E-state index in [1.807, 2.05) is 0 Å². The molecule has 3 rings (SSSR count). The molecule has 0 fully saturated rings. The van der Waals surface area contributed by atoms with Crippen molar-refractivity contribution >= 4 is 69.6 Å². The van der Waals surface area contributed by atoms with Crippen molar-refractivity contribution in [1.82, 2.24) is 4.98 Å². The van der Waals surface area contributed by atoms with Gasteiger partial charge in [0.05, 0.1) is 37.0 Å². The summed E-state index contributed by atoms with van der Waals surface area (Å²) < 4.78 is 40.8. The van der Waals surface area contributed by atoms with Crippen molar-refractivity contribution in [1.29, 1.82) is 0 Å². The molecule has 1 nitrogen and oxygen atoms in total. The van der Waals surface area contributed by atoms with Gasteiger partial charge in [0.15, 0.2) is 0 Å². The highest BCUT2D eigenvalue weighted by Crippen LogP contribution is 2.45. The lowest BCUT2D eigenvalue weighted by Gasteiger charge is -2.17. The van der Waals surface area contributed by atoms with Gasteiger partial charge in [0, 0.05) is 21.2 Å². The maximum atomic E-state index is 13.6. The zero-order chi connectivity index (χ0) is 20.8. The summed E-state index contributed by atoms with van der Waals surface area (Å²) in [6, 6.07) is 7.39. The summed E-state index contributed by atoms with van der Waals surface area (Å²) in [6.07, 6.45) is -4.71. The van der Waals surface area contributed by atoms with E-state index in [2.05, 4.69) is 4.98 Å². The average molecular weight is 506 g/mol. The first kappa shape index (κ1) is 21.8. The Hall–Kier alpha value is -0.880. The second-order valence-electron chi connectivity index (χ2n) is 5.58. The van der Waals surface area contributed by atoms with Crippen LogP contribution in [0.5, 0.6) is 0 Å². The largest absolute Gasteiger partial charge is 0.418 e. The quantitative estimate of drug-likeness (QED) is 0.338. The molecule has 0 aliphatic carbocycles. The maximum Gasteiger partial charge on any atom is 0.418 e. The molecule has 0 saturated heterocycles. The molecule has 0 N–H and O–H groups in total. The van der Waals surface area contributed by atoms with Gasteiger partial charge in [-0.1, -0.05) is 69.6 Å². The van der Waals surface area contributed by atoms with Gasteiger partial charge < -0.3 is 0 Å². The summed E-state index contributed by atoms with van der Waals surface area (Å²) in [4.78, 5) is 4.14. The van der Waals surface area contributed by atoms with E-state index in [4.69, 9.17) is 69.6 Å². The van der Waals surface area contributed by atoms with Crippen LogP contribution in [0.25, 0.3) is 22.5 Å². The van der Waals surface area contributed by atoms with E-state index < -0.39 is 17.4 Å². The second-order valence-corrected chi connectivity index (χ2v) is 8.08. The van der Waals surface area contributed by atoms with Crippen LogP contribution in [-0.4, -0.2) is 4.98 Å². The SMILES string of the molecule is FC(F)(F)c1ccc(-c2c(Cl)cc(Cl)cc2Cl)nc1-c1c(Cl)cc(Cl)cc1Cl. The van der Waals surface area contributed by atoms with E-state index in [-0.39, 0.29) is 47.0 Å². The van der Waals surface area contributed by atoms with E-state index in [1.54, 1.807) is 0 Å². The summed E-state index contributed by atoms with van der Waals surface area (Å²) in [5, 5.41) is 0.539. The number of alkyl halides is 3. The number of nitrogens with zero attached hydrogens (tertiary/aromatic N) is 1. The molecule has 0 spiro atoms. The van der Waals surface area contributed by atoms with E-state index in [1.165, 1.54) is 24.3 Å². The molecule has 10 heteroatoms. The fourth-order valence-corrected chi connectivity index (χ4v) is 4.58. The first-order valence-electron chi connectivity index (χ1n) is 7.37. The predicted molar refractivity (Wildman–Crippen MR) is 110 cm³/mol. The molecule has 0 amide bonds. The lowest BCUT2D eigenvalue weighted by molar-refractivity contribution is -0.137. The van der Waals surface area contributed by atoms with Crippen LogP contribution in [0, 0.1) is 0 Å². The molecule has 0 unspecified atom stereocenters. The minimum absolute atomic E-state index is 0.0825. The third-order valence-corrected chi connectivity index (χ3v) is 5.34. The molecule has 0 bridgehead atoms. The van der Waals surface area contributed by atoms with Crippen molar-refractivity contribution in [2.45, 2.75) is 6.18 Å². The van der Waals surface area contributed by atoms with E-state index in [0.29, 0.717) is 0 Å². The highest BCUT2D eigenvalue weighted by Gasteiger charge is 2.36. The lowest BCUT2D eigenvalue weighted by Crippen LogP contribution is -2.09. The van der Waals surface area contributed by atoms with Crippen molar-refractivity contribution in [3.05, 3.63) is 72.1 Å². The Balaban J connectivity index is 2.35. The van der Waals surface area contributed by atoms with Gasteiger partial charge in [0.1, 0.15) is 0 Å². The van der Waals surface area contributed by atoms with Gasteiger partial charge in [0.2, 0.25) is 0 Å². The molecule has 0 radical (unpaired) electrons. The number of hydrogen-bond donors (Lipinski definition) is 0. The van der Waals surface area contributed by atoms with Gasteiger partial charge in [0.25, 0.3) is 0 Å². The highest BCUT2D eigenvalue weighted by molar-refractivity contribution is 6.42. The van der Waals surface area contributed by atoms with Crippen molar-refractivity contribution < 1.29 is 13.2 Å². The summed E-state index contributed by atoms with van der Waals surface area (Å²) in [5.74, 6) is 0. The summed E-state index contributed by atoms with van der Waals surface area (Å²) in [7, 11) is 0. The van der Waals surface area contributed by atoms with Crippen LogP contribution in [0.1, 0.15) is 5.56 Å². The fourth-order valence-electron chi connectivity index (χ4n) is 2.57. The third-order valence-electron chi connectivity index (χ3n) is 3.71. The van der Waals surface area contributed by atoms with Crippen molar-refractivity contribution in [3.63, 3.8) is 0 Å². The zero-order valence-corrected chi connectivity index (χ0v) is 17.8. The standard InChI is InChI=1S/C18H6Cl6F3N/c19-7-3-10(21)15(11(22)4-7)14-2-1-9(18(25,26)27)17(28-14)16-12(23)5-8(20)6-13(16)24/h1-6H. The van der Waals surface area contributed by atoms with Crippen LogP contribution in [0.15, 0.2) is 36.4 Å². The molecule has 0 saturated carbocycles. The predicted octanol–water partition coefficient (Wildman–Crippen LogP) is 9.35. The van der Waals surface area contributed by atoms with Crippen LogP contribution in [0.2, 0.25) is 30.1 Å². The lowest BCUT2D eigenvalue weighted by atomic mass is 10.0. The van der Waals surface area contributed by atoms with Gasteiger partial charge in [-0.3, -0.25) is 0 Å². The Morgan fingerprint density at radius 1 is 0.643 bits per heavy atom. The average Bonchev–Trinajstić information content (AvgIpc) is 2.52. The van der Waals surface area contributed by atoms with Crippen LogP contribution in [-0.2, 0) is 6.18 Å². The van der Waals surface area contributed by atoms with Crippen LogP contribution >= 0.6 is 69.6 Å². The molecule has 1 aromatic heterocycles. The first-order chi connectivity index (χ1) is 13.0. The molecule has 28 heavy (non-hydrogen) atoms. The van der Waals surface area contributed by atoms with E-state index >= 15 is 0 Å². The van der Waals surface area contributed by atoms with Crippen LogP contribution in [0.3, 0.4) is 0 Å². The Morgan fingerprint density at radius 3 is 1.50 bits per heavy atom. The molecule has 0 aliphatic heterocycles. The number of halogens is 9. The summed E-state index contributed by atoms with van der Waals surface area (Å²) in [5.41, 5.74) is -1.29. The van der Waals surface area contributed by atoms with Crippen molar-refractivity contribution in [2.24, 2.45) is 0 Å². The topological polar surface area (TPSA) is 12.9 Å². The van der Waals surface area contributed by atoms with Gasteiger partial charge in [-0.2, -0.15) is 13.2 Å². The normalized spacial score (nSPS) is 11.8. The molecule has 2 aromatic carbocycles. The van der Waals surface area contributed by atoms with Crippen molar-refractivity contribution in [2.75, 3.05) is 0 Å². The number of rotatable bonds is 2. The highest BCUT2D eigenvalue weighted by atomic mass is 35.5. The minimum atomic E-state index is -4.71. The number of pyridine rings is 1. The number of benzene rings is 2. The Morgan fingerprint density at radius 2 is 1.07 bits per heavy atom.